The normalized spacial score (nSPS) is 10.5. The Bertz CT molecular complexity index is 515. The fourth-order valence-electron chi connectivity index (χ4n) is 1.88. The van der Waals surface area contributed by atoms with Crippen molar-refractivity contribution in [3.63, 3.8) is 0 Å². The Labute approximate surface area is 95.5 Å². The predicted octanol–water partition coefficient (Wildman–Crippen LogP) is 3.01. The molecule has 0 atom stereocenters. The van der Waals surface area contributed by atoms with Crippen molar-refractivity contribution in [2.75, 3.05) is 7.11 Å². The number of ether oxygens (including phenoxy) is 1. The van der Waals surface area contributed by atoms with Crippen LogP contribution in [0.15, 0.2) is 18.2 Å². The van der Waals surface area contributed by atoms with Gasteiger partial charge in [-0.15, -0.1) is 0 Å². The number of nitrogens with one attached hydrogen (secondary N) is 1. The number of rotatable bonds is 2. The number of methoxy groups -OCH3 is 1. The van der Waals surface area contributed by atoms with Gasteiger partial charge in [0.15, 0.2) is 0 Å². The van der Waals surface area contributed by atoms with Crippen molar-refractivity contribution in [2.45, 2.75) is 20.8 Å². The van der Waals surface area contributed by atoms with Gasteiger partial charge < -0.3 is 9.72 Å². The zero-order valence-electron chi connectivity index (χ0n) is 10.1. The van der Waals surface area contributed by atoms with Crippen LogP contribution in [0.25, 0.3) is 11.3 Å². The second-order valence-corrected chi connectivity index (χ2v) is 4.00. The van der Waals surface area contributed by atoms with Gasteiger partial charge in [0.05, 0.1) is 12.8 Å². The molecule has 1 aromatic heterocycles. The number of nitrogens with zero attached hydrogens (tertiary/aromatic N) is 1. The average Bonchev–Trinajstić information content (AvgIpc) is 2.57. The zero-order chi connectivity index (χ0) is 11.7. The molecule has 0 spiro atoms. The topological polar surface area (TPSA) is 37.9 Å². The number of H-pyrrole nitrogens is 1. The fourth-order valence-corrected chi connectivity index (χ4v) is 1.88. The van der Waals surface area contributed by atoms with Gasteiger partial charge >= 0.3 is 0 Å². The fraction of sp³-hybridized carbons (Fsp3) is 0.308. The first-order valence-corrected chi connectivity index (χ1v) is 5.30. The van der Waals surface area contributed by atoms with Crippen LogP contribution in [0.2, 0.25) is 0 Å². The molecule has 1 N–H and O–H groups in total. The third-order valence-electron chi connectivity index (χ3n) is 2.61. The van der Waals surface area contributed by atoms with Crippen molar-refractivity contribution in [1.82, 2.24) is 9.97 Å². The van der Waals surface area contributed by atoms with Gasteiger partial charge in [-0.25, -0.2) is 4.98 Å². The first kappa shape index (κ1) is 10.7. The lowest BCUT2D eigenvalue weighted by molar-refractivity contribution is 0.416. The van der Waals surface area contributed by atoms with E-state index in [9.17, 15) is 0 Å². The van der Waals surface area contributed by atoms with Crippen molar-refractivity contribution in [2.24, 2.45) is 0 Å². The Kier molecular flexibility index (Phi) is 2.69. The zero-order valence-corrected chi connectivity index (χ0v) is 10.1. The Morgan fingerprint density at radius 1 is 1.19 bits per heavy atom. The van der Waals surface area contributed by atoms with Crippen LogP contribution >= 0.6 is 0 Å². The average molecular weight is 216 g/mol. The van der Waals surface area contributed by atoms with Gasteiger partial charge in [0.2, 0.25) is 0 Å². The van der Waals surface area contributed by atoms with E-state index >= 15 is 0 Å². The van der Waals surface area contributed by atoms with Crippen molar-refractivity contribution in [1.29, 1.82) is 0 Å². The maximum absolute atomic E-state index is 5.37. The van der Waals surface area contributed by atoms with E-state index in [1.807, 2.05) is 26.0 Å². The van der Waals surface area contributed by atoms with Gasteiger partial charge in [0.25, 0.3) is 0 Å². The summed E-state index contributed by atoms with van der Waals surface area (Å²) in [5.74, 6) is 1.79. The lowest BCUT2D eigenvalue weighted by atomic mass is 10.1. The van der Waals surface area contributed by atoms with E-state index in [1.165, 1.54) is 5.56 Å². The van der Waals surface area contributed by atoms with Crippen molar-refractivity contribution in [3.8, 4) is 17.0 Å². The first-order chi connectivity index (χ1) is 7.61. The molecule has 84 valence electrons. The Morgan fingerprint density at radius 2 is 1.94 bits per heavy atom. The summed E-state index contributed by atoms with van der Waals surface area (Å²) in [5, 5.41) is 0. The minimum atomic E-state index is 0.861. The minimum absolute atomic E-state index is 0.861. The number of imidazole rings is 1. The molecule has 0 saturated carbocycles. The van der Waals surface area contributed by atoms with Gasteiger partial charge in [0.1, 0.15) is 11.6 Å². The molecule has 0 unspecified atom stereocenters. The monoisotopic (exact) mass is 216 g/mol. The summed E-state index contributed by atoms with van der Waals surface area (Å²) in [5.41, 5.74) is 4.29. The smallest absolute Gasteiger partial charge is 0.128 e. The third kappa shape index (κ3) is 1.81. The van der Waals surface area contributed by atoms with Crippen LogP contribution in [0.1, 0.15) is 17.1 Å². The summed E-state index contributed by atoms with van der Waals surface area (Å²) in [6.07, 6.45) is 0. The molecule has 16 heavy (non-hydrogen) atoms. The van der Waals surface area contributed by atoms with Gasteiger partial charge in [0, 0.05) is 11.3 Å². The molecule has 0 aliphatic rings. The second kappa shape index (κ2) is 4.00. The molecule has 1 heterocycles. The molecule has 3 heteroatoms. The van der Waals surface area contributed by atoms with Gasteiger partial charge in [-0.3, -0.25) is 0 Å². The SMILES string of the molecule is COc1ccc(C)cc1-c1nc(C)[nH]c1C. The number of hydrogen-bond acceptors (Lipinski definition) is 2. The number of hydrogen-bond donors (Lipinski definition) is 1. The third-order valence-corrected chi connectivity index (χ3v) is 2.61. The van der Waals surface area contributed by atoms with E-state index in [2.05, 4.69) is 23.0 Å². The van der Waals surface area contributed by atoms with E-state index in [1.54, 1.807) is 7.11 Å². The largest absolute Gasteiger partial charge is 0.496 e. The lowest BCUT2D eigenvalue weighted by Crippen LogP contribution is -1.90. The quantitative estimate of drug-likeness (QED) is 0.838. The van der Waals surface area contributed by atoms with Gasteiger partial charge in [-0.05, 0) is 32.9 Å². The molecule has 0 amide bonds. The molecule has 1 aromatic carbocycles. The van der Waals surface area contributed by atoms with E-state index in [0.717, 1.165) is 28.5 Å². The molecular formula is C13H16N2O. The van der Waals surface area contributed by atoms with Gasteiger partial charge in [-0.2, -0.15) is 0 Å². The standard InChI is InChI=1S/C13H16N2O/c1-8-5-6-12(16-4)11(7-8)13-9(2)14-10(3)15-13/h5-7H,1-4H3,(H,14,15). The van der Waals surface area contributed by atoms with E-state index in [0.29, 0.717) is 0 Å². The summed E-state index contributed by atoms with van der Waals surface area (Å²) in [6.45, 7) is 6.05. The molecule has 2 rings (SSSR count). The number of aryl methyl sites for hydroxylation is 3. The first-order valence-electron chi connectivity index (χ1n) is 5.30. The molecule has 2 aromatic rings. The molecule has 0 bridgehead atoms. The number of aromatic nitrogens is 2. The lowest BCUT2D eigenvalue weighted by Gasteiger charge is -2.08. The number of benzene rings is 1. The highest BCUT2D eigenvalue weighted by Gasteiger charge is 2.12. The predicted molar refractivity (Wildman–Crippen MR) is 64.8 cm³/mol. The van der Waals surface area contributed by atoms with E-state index in [-0.39, 0.29) is 0 Å². The second-order valence-electron chi connectivity index (χ2n) is 4.00. The summed E-state index contributed by atoms with van der Waals surface area (Å²) < 4.78 is 5.37. The van der Waals surface area contributed by atoms with E-state index < -0.39 is 0 Å². The molecule has 0 aliphatic heterocycles. The molecule has 0 radical (unpaired) electrons. The summed E-state index contributed by atoms with van der Waals surface area (Å²) in [4.78, 5) is 7.70. The highest BCUT2D eigenvalue weighted by molar-refractivity contribution is 5.70. The van der Waals surface area contributed by atoms with Crippen molar-refractivity contribution < 1.29 is 4.74 Å². The van der Waals surface area contributed by atoms with Crippen LogP contribution < -0.4 is 4.74 Å². The molecular weight excluding hydrogens is 200 g/mol. The summed E-state index contributed by atoms with van der Waals surface area (Å²) in [6, 6.07) is 6.12. The highest BCUT2D eigenvalue weighted by atomic mass is 16.5. The Morgan fingerprint density at radius 3 is 2.50 bits per heavy atom. The Balaban J connectivity index is 2.62. The summed E-state index contributed by atoms with van der Waals surface area (Å²) in [7, 11) is 1.68. The summed E-state index contributed by atoms with van der Waals surface area (Å²) >= 11 is 0. The molecule has 0 aliphatic carbocycles. The molecule has 3 nitrogen and oxygen atoms in total. The maximum atomic E-state index is 5.37. The van der Waals surface area contributed by atoms with Crippen LogP contribution in [-0.4, -0.2) is 17.1 Å². The highest BCUT2D eigenvalue weighted by Crippen LogP contribution is 2.31. The maximum Gasteiger partial charge on any atom is 0.128 e. The van der Waals surface area contributed by atoms with Crippen LogP contribution in [0, 0.1) is 20.8 Å². The minimum Gasteiger partial charge on any atom is -0.496 e. The van der Waals surface area contributed by atoms with Crippen LogP contribution in [0.4, 0.5) is 0 Å². The van der Waals surface area contributed by atoms with E-state index in [4.69, 9.17) is 4.74 Å². The van der Waals surface area contributed by atoms with Crippen molar-refractivity contribution >= 4 is 0 Å². The van der Waals surface area contributed by atoms with Gasteiger partial charge in [-0.1, -0.05) is 11.6 Å². The Hall–Kier alpha value is -1.77. The van der Waals surface area contributed by atoms with Crippen LogP contribution in [0.5, 0.6) is 5.75 Å². The van der Waals surface area contributed by atoms with Crippen LogP contribution in [0.3, 0.4) is 0 Å². The molecule has 0 fully saturated rings. The number of aromatic amines is 1. The van der Waals surface area contributed by atoms with Crippen LogP contribution in [-0.2, 0) is 0 Å². The molecule has 0 saturated heterocycles. The van der Waals surface area contributed by atoms with Crippen molar-refractivity contribution in [3.05, 3.63) is 35.3 Å².